The number of hydrogen-bond donors (Lipinski definition) is 2. The lowest BCUT2D eigenvalue weighted by Gasteiger charge is -2.37. The van der Waals surface area contributed by atoms with Crippen LogP contribution in [0.1, 0.15) is 38.2 Å². The lowest BCUT2D eigenvalue weighted by molar-refractivity contribution is -0.119. The Morgan fingerprint density at radius 3 is 2.70 bits per heavy atom. The highest BCUT2D eigenvalue weighted by Gasteiger charge is 2.43. The van der Waals surface area contributed by atoms with Crippen molar-refractivity contribution in [2.45, 2.75) is 32.6 Å². The summed E-state index contributed by atoms with van der Waals surface area (Å²) in [6.07, 6.45) is 0.826. The number of halogens is 2. The SMILES string of the molecule is COc1cc(C2C(C#N)=C(N)OC3=C2C(=O)CC(C)(C)C3)ccc1OCC(=O)Nc1ccc(Br)cc1F. The minimum Gasteiger partial charge on any atom is -0.493 e. The van der Waals surface area contributed by atoms with Gasteiger partial charge in [0.2, 0.25) is 5.88 Å². The summed E-state index contributed by atoms with van der Waals surface area (Å²) in [4.78, 5) is 25.5. The van der Waals surface area contributed by atoms with Crippen LogP contribution in [0.5, 0.6) is 11.5 Å². The Bertz CT molecular complexity index is 1390. The van der Waals surface area contributed by atoms with Crippen molar-refractivity contribution in [2.75, 3.05) is 19.0 Å². The predicted octanol–water partition coefficient (Wildman–Crippen LogP) is 5.07. The highest BCUT2D eigenvalue weighted by Crippen LogP contribution is 2.48. The number of hydrogen-bond acceptors (Lipinski definition) is 7. The molecule has 2 aromatic rings. The molecular weight excluding hydrogens is 545 g/mol. The van der Waals surface area contributed by atoms with Gasteiger partial charge in [0, 0.05) is 22.9 Å². The van der Waals surface area contributed by atoms with Crippen LogP contribution in [0.15, 0.2) is 63.7 Å². The van der Waals surface area contributed by atoms with E-state index in [2.05, 4.69) is 27.3 Å². The van der Waals surface area contributed by atoms with Gasteiger partial charge in [0.05, 0.1) is 18.7 Å². The molecule has 1 atom stereocenters. The number of nitrogens with one attached hydrogen (secondary N) is 1. The van der Waals surface area contributed by atoms with Crippen LogP contribution in [0.4, 0.5) is 10.1 Å². The molecule has 0 spiro atoms. The first-order valence-corrected chi connectivity index (χ1v) is 12.2. The molecule has 1 aliphatic heterocycles. The number of nitrogens with two attached hydrogens (primary N) is 1. The second-order valence-corrected chi connectivity index (χ2v) is 10.5. The molecule has 1 unspecified atom stereocenters. The number of ketones is 1. The van der Waals surface area contributed by atoms with Gasteiger partial charge in [-0.3, -0.25) is 9.59 Å². The van der Waals surface area contributed by atoms with Crippen molar-refractivity contribution in [1.82, 2.24) is 0 Å². The van der Waals surface area contributed by atoms with Crippen LogP contribution in [-0.2, 0) is 14.3 Å². The smallest absolute Gasteiger partial charge is 0.262 e. The maximum atomic E-state index is 14.0. The normalized spacial score (nSPS) is 18.5. The van der Waals surface area contributed by atoms with Crippen LogP contribution in [0.2, 0.25) is 0 Å². The number of rotatable bonds is 6. The number of ether oxygens (including phenoxy) is 3. The molecule has 1 heterocycles. The molecule has 37 heavy (non-hydrogen) atoms. The van der Waals surface area contributed by atoms with E-state index in [9.17, 15) is 19.2 Å². The number of allylic oxidation sites excluding steroid dienone is 3. The number of amides is 1. The van der Waals surface area contributed by atoms with E-state index in [-0.39, 0.29) is 39.8 Å². The molecule has 192 valence electrons. The fourth-order valence-corrected chi connectivity index (χ4v) is 4.85. The Hall–Kier alpha value is -3.84. The van der Waals surface area contributed by atoms with Crippen LogP contribution in [0.25, 0.3) is 0 Å². The third-order valence-electron chi connectivity index (χ3n) is 6.16. The standard InChI is InChI=1S/C27H25BrFN3O5/c1-27(2)10-19(33)25-22(11-27)37-26(31)16(12-30)24(25)14-4-7-20(21(8-14)35-3)36-13-23(34)32-18-6-5-15(28)9-17(18)29/h4-9,24H,10-11,13,31H2,1-3H3,(H,32,34). The number of nitriles is 1. The molecule has 2 aliphatic rings. The summed E-state index contributed by atoms with van der Waals surface area (Å²) >= 11 is 3.17. The molecule has 10 heteroatoms. The second-order valence-electron chi connectivity index (χ2n) is 9.57. The zero-order valence-corrected chi connectivity index (χ0v) is 22.1. The van der Waals surface area contributed by atoms with Gasteiger partial charge in [-0.2, -0.15) is 5.26 Å². The van der Waals surface area contributed by atoms with Crippen molar-refractivity contribution in [1.29, 1.82) is 5.26 Å². The molecule has 2 aromatic carbocycles. The van der Waals surface area contributed by atoms with E-state index in [0.29, 0.717) is 34.2 Å². The van der Waals surface area contributed by atoms with E-state index in [1.54, 1.807) is 24.3 Å². The molecule has 0 fully saturated rings. The van der Waals surface area contributed by atoms with Gasteiger partial charge < -0.3 is 25.3 Å². The van der Waals surface area contributed by atoms with Gasteiger partial charge in [0.1, 0.15) is 23.2 Å². The number of benzene rings is 2. The minimum absolute atomic E-state index is 0.0245. The molecule has 0 saturated heterocycles. The molecule has 8 nitrogen and oxygen atoms in total. The topological polar surface area (TPSA) is 124 Å². The number of carbonyl (C=O) groups excluding carboxylic acids is 2. The average molecular weight is 570 g/mol. The number of Topliss-reactive ketones (excluding diaryl/α,β-unsaturated/α-hetero) is 1. The fourth-order valence-electron chi connectivity index (χ4n) is 4.52. The van der Waals surface area contributed by atoms with E-state index in [0.717, 1.165) is 0 Å². The van der Waals surface area contributed by atoms with Crippen molar-refractivity contribution < 1.29 is 28.2 Å². The molecule has 0 radical (unpaired) electrons. The van der Waals surface area contributed by atoms with Crippen LogP contribution in [0, 0.1) is 22.6 Å². The van der Waals surface area contributed by atoms with Crippen molar-refractivity contribution in [3.63, 3.8) is 0 Å². The third kappa shape index (κ3) is 5.47. The molecule has 1 aliphatic carbocycles. The van der Waals surface area contributed by atoms with E-state index in [1.165, 1.54) is 19.2 Å². The van der Waals surface area contributed by atoms with Crippen molar-refractivity contribution in [3.05, 3.63) is 75.0 Å². The van der Waals surface area contributed by atoms with Crippen molar-refractivity contribution in [2.24, 2.45) is 11.1 Å². The highest BCUT2D eigenvalue weighted by atomic mass is 79.9. The Morgan fingerprint density at radius 1 is 1.27 bits per heavy atom. The van der Waals surface area contributed by atoms with Crippen molar-refractivity contribution >= 4 is 33.3 Å². The fraction of sp³-hybridized carbons (Fsp3) is 0.296. The summed E-state index contributed by atoms with van der Waals surface area (Å²) in [7, 11) is 1.43. The van der Waals surface area contributed by atoms with Crippen molar-refractivity contribution in [3.8, 4) is 17.6 Å². The molecule has 3 N–H and O–H groups in total. The Morgan fingerprint density at radius 2 is 2.03 bits per heavy atom. The van der Waals surface area contributed by atoms with E-state index >= 15 is 0 Å². The van der Waals surface area contributed by atoms with Gasteiger partial charge in [-0.05, 0) is 41.3 Å². The summed E-state index contributed by atoms with van der Waals surface area (Å²) in [5.74, 6) is -0.998. The van der Waals surface area contributed by atoms with Gasteiger partial charge >= 0.3 is 0 Å². The first-order valence-electron chi connectivity index (χ1n) is 11.4. The summed E-state index contributed by atoms with van der Waals surface area (Å²) in [6, 6.07) is 11.3. The maximum Gasteiger partial charge on any atom is 0.262 e. The minimum atomic E-state index is -0.719. The summed E-state index contributed by atoms with van der Waals surface area (Å²) in [5, 5.41) is 12.3. The summed E-state index contributed by atoms with van der Waals surface area (Å²) in [5.41, 5.74) is 6.96. The average Bonchev–Trinajstić information content (AvgIpc) is 2.82. The zero-order valence-electron chi connectivity index (χ0n) is 20.5. The monoisotopic (exact) mass is 569 g/mol. The quantitative estimate of drug-likeness (QED) is 0.498. The summed E-state index contributed by atoms with van der Waals surface area (Å²) < 4.78 is 31.4. The zero-order chi connectivity index (χ0) is 26.9. The first-order chi connectivity index (χ1) is 17.5. The van der Waals surface area contributed by atoms with E-state index < -0.39 is 24.2 Å². The molecular formula is C27H25BrFN3O5. The number of anilines is 1. The number of carbonyl (C=O) groups is 2. The molecule has 4 rings (SSSR count). The first kappa shape index (κ1) is 26.2. The van der Waals surface area contributed by atoms with Gasteiger partial charge in [0.15, 0.2) is 23.9 Å². The molecule has 0 aromatic heterocycles. The Kier molecular flexibility index (Phi) is 7.28. The molecule has 0 bridgehead atoms. The van der Waals surface area contributed by atoms with Crippen LogP contribution in [0.3, 0.4) is 0 Å². The summed E-state index contributed by atoms with van der Waals surface area (Å²) in [6.45, 7) is 3.55. The van der Waals surface area contributed by atoms with Crippen LogP contribution >= 0.6 is 15.9 Å². The number of nitrogens with zero attached hydrogens (tertiary/aromatic N) is 1. The molecule has 0 saturated carbocycles. The lowest BCUT2D eigenvalue weighted by Crippen LogP contribution is -2.33. The second kappa shape index (κ2) is 10.3. The van der Waals surface area contributed by atoms with E-state index in [1.807, 2.05) is 13.8 Å². The van der Waals surface area contributed by atoms with Crippen LogP contribution in [-0.4, -0.2) is 25.4 Å². The predicted molar refractivity (Wildman–Crippen MR) is 137 cm³/mol. The maximum absolute atomic E-state index is 14.0. The van der Waals surface area contributed by atoms with Gasteiger partial charge in [0.25, 0.3) is 5.91 Å². The molecule has 1 amide bonds. The van der Waals surface area contributed by atoms with Gasteiger partial charge in [-0.15, -0.1) is 0 Å². The Balaban J connectivity index is 1.59. The number of methoxy groups -OCH3 is 1. The van der Waals surface area contributed by atoms with Crippen LogP contribution < -0.4 is 20.5 Å². The van der Waals surface area contributed by atoms with Gasteiger partial charge in [-0.1, -0.05) is 35.8 Å². The van der Waals surface area contributed by atoms with E-state index in [4.69, 9.17) is 19.9 Å². The lowest BCUT2D eigenvalue weighted by atomic mass is 9.70. The third-order valence-corrected chi connectivity index (χ3v) is 6.65. The highest BCUT2D eigenvalue weighted by molar-refractivity contribution is 9.10. The Labute approximate surface area is 222 Å². The van der Waals surface area contributed by atoms with Gasteiger partial charge in [-0.25, -0.2) is 4.39 Å². The largest absolute Gasteiger partial charge is 0.493 e.